The van der Waals surface area contributed by atoms with Gasteiger partial charge in [-0.1, -0.05) is 36.4 Å². The van der Waals surface area contributed by atoms with E-state index in [1.165, 1.54) is 24.4 Å². The van der Waals surface area contributed by atoms with E-state index in [0.717, 1.165) is 29.0 Å². The third-order valence-electron chi connectivity index (χ3n) is 6.21. The van der Waals surface area contributed by atoms with Crippen LogP contribution in [0.2, 0.25) is 0 Å². The quantitative estimate of drug-likeness (QED) is 0.243. The first-order valence-electron chi connectivity index (χ1n) is 12.2. The number of sulfone groups is 1. The predicted octanol–water partition coefficient (Wildman–Crippen LogP) is 7.52. The molecule has 0 fully saturated rings. The van der Waals surface area contributed by atoms with Crippen molar-refractivity contribution in [1.29, 1.82) is 0 Å². The van der Waals surface area contributed by atoms with Crippen LogP contribution in [-0.4, -0.2) is 30.3 Å². The molecule has 5 nitrogen and oxygen atoms in total. The molecule has 0 saturated carbocycles. The summed E-state index contributed by atoms with van der Waals surface area (Å²) in [4.78, 5) is 3.83. The molecule has 10 heteroatoms. The summed E-state index contributed by atoms with van der Waals surface area (Å²) in [5.41, 5.74) is 3.28. The van der Waals surface area contributed by atoms with E-state index in [4.69, 9.17) is 0 Å². The van der Waals surface area contributed by atoms with E-state index >= 15 is 0 Å². The number of nitrogens with one attached hydrogen (secondary N) is 1. The zero-order valence-electron chi connectivity index (χ0n) is 22.4. The van der Waals surface area contributed by atoms with Crippen LogP contribution in [0.3, 0.4) is 0 Å². The maximum absolute atomic E-state index is 13.2. The van der Waals surface area contributed by atoms with Gasteiger partial charge in [0.05, 0.1) is 4.90 Å². The maximum atomic E-state index is 13.2. The van der Waals surface area contributed by atoms with E-state index in [1.807, 2.05) is 32.9 Å². The topological polar surface area (TPSA) is 79.3 Å². The molecule has 1 aromatic heterocycles. The molecule has 1 heterocycles. The van der Waals surface area contributed by atoms with E-state index < -0.39 is 21.7 Å². The minimum Gasteiger partial charge on any atom is -0.507 e. The minimum atomic E-state index is -4.58. The van der Waals surface area contributed by atoms with Gasteiger partial charge < -0.3 is 10.4 Å². The normalized spacial score (nSPS) is 12.2. The molecular formula is C30H30ClF3N2O3S. The second kappa shape index (κ2) is 11.6. The molecule has 3 aromatic carbocycles. The molecule has 0 atom stereocenters. The summed E-state index contributed by atoms with van der Waals surface area (Å²) in [6, 6.07) is 19.3. The highest BCUT2D eigenvalue weighted by Gasteiger charge is 2.32. The highest BCUT2D eigenvalue weighted by Crippen LogP contribution is 2.41. The first-order chi connectivity index (χ1) is 18.1. The van der Waals surface area contributed by atoms with Crippen LogP contribution in [0.5, 0.6) is 5.75 Å². The molecule has 2 N–H and O–H groups in total. The van der Waals surface area contributed by atoms with Gasteiger partial charge in [-0.2, -0.15) is 13.2 Å². The lowest BCUT2D eigenvalue weighted by atomic mass is 9.87. The monoisotopic (exact) mass is 590 g/mol. The van der Waals surface area contributed by atoms with Gasteiger partial charge >= 0.3 is 6.18 Å². The number of hydrogen-bond donors (Lipinski definition) is 2. The van der Waals surface area contributed by atoms with Gasteiger partial charge in [-0.3, -0.25) is 4.98 Å². The molecule has 0 aliphatic rings. The molecular weight excluding hydrogens is 561 g/mol. The molecule has 0 unspecified atom stereocenters. The summed E-state index contributed by atoms with van der Waals surface area (Å²) in [7, 11) is -3.40. The minimum absolute atomic E-state index is 0. The fourth-order valence-electron chi connectivity index (χ4n) is 4.19. The van der Waals surface area contributed by atoms with E-state index in [1.54, 1.807) is 36.4 Å². The summed E-state index contributed by atoms with van der Waals surface area (Å²) in [6.07, 6.45) is -2.27. The van der Waals surface area contributed by atoms with Gasteiger partial charge in [0.25, 0.3) is 0 Å². The molecule has 0 bridgehead atoms. The Morgan fingerprint density at radius 3 is 1.98 bits per heavy atom. The van der Waals surface area contributed by atoms with Gasteiger partial charge in [0.15, 0.2) is 9.84 Å². The van der Waals surface area contributed by atoms with Crippen LogP contribution in [0, 0.1) is 0 Å². The Morgan fingerprint density at radius 2 is 1.45 bits per heavy atom. The number of benzene rings is 3. The van der Waals surface area contributed by atoms with Crippen molar-refractivity contribution >= 4 is 22.2 Å². The molecule has 40 heavy (non-hydrogen) atoms. The van der Waals surface area contributed by atoms with Crippen molar-refractivity contribution in [2.75, 3.05) is 6.26 Å². The number of aromatic hydroxyl groups is 1. The van der Waals surface area contributed by atoms with Gasteiger partial charge in [0.1, 0.15) is 11.4 Å². The highest BCUT2D eigenvalue weighted by molar-refractivity contribution is 7.90. The first kappa shape index (κ1) is 31.1. The molecule has 4 rings (SSSR count). The Hall–Kier alpha value is -3.40. The van der Waals surface area contributed by atoms with E-state index in [0.29, 0.717) is 28.8 Å². The van der Waals surface area contributed by atoms with Crippen molar-refractivity contribution in [2.24, 2.45) is 0 Å². The van der Waals surface area contributed by atoms with Crippen LogP contribution in [0.15, 0.2) is 83.9 Å². The average Bonchev–Trinajstić information content (AvgIpc) is 2.86. The maximum Gasteiger partial charge on any atom is 0.433 e. The van der Waals surface area contributed by atoms with Crippen molar-refractivity contribution in [2.45, 2.75) is 43.9 Å². The number of phenolic OH excluding ortho intramolecular Hbond substituents is 1. The largest absolute Gasteiger partial charge is 0.507 e. The van der Waals surface area contributed by atoms with Crippen LogP contribution < -0.4 is 5.32 Å². The Morgan fingerprint density at radius 1 is 0.825 bits per heavy atom. The van der Waals surface area contributed by atoms with Crippen molar-refractivity contribution < 1.29 is 26.7 Å². The summed E-state index contributed by atoms with van der Waals surface area (Å²) < 4.78 is 63.7. The van der Waals surface area contributed by atoms with Crippen LogP contribution in [0.25, 0.3) is 33.4 Å². The molecule has 0 amide bonds. The predicted molar refractivity (Wildman–Crippen MR) is 154 cm³/mol. The standard InChI is InChI=1S/C30H29F3N2O3S.ClH/c1-29(2,3)35-18-21-15-26(23-7-5-6-8-27(23)36)25(20-11-14-28(34-17-20)30(31,32)33)16-24(21)19-9-12-22(13-10-19)39(4,37)38;/h5-17,35-36H,18H2,1-4H3;1H. The summed E-state index contributed by atoms with van der Waals surface area (Å²) >= 11 is 0. The number of pyridine rings is 1. The molecule has 0 aliphatic heterocycles. The first-order valence-corrected chi connectivity index (χ1v) is 14.1. The fourth-order valence-corrected chi connectivity index (χ4v) is 4.82. The fraction of sp³-hybridized carbons (Fsp3) is 0.233. The average molecular weight is 591 g/mol. The lowest BCUT2D eigenvalue weighted by molar-refractivity contribution is -0.141. The molecule has 0 aliphatic carbocycles. The Balaban J connectivity index is 0.00000441. The van der Waals surface area contributed by atoms with E-state index in [9.17, 15) is 26.7 Å². The van der Waals surface area contributed by atoms with E-state index in [-0.39, 0.29) is 28.6 Å². The third-order valence-corrected chi connectivity index (χ3v) is 7.33. The number of phenols is 1. The second-order valence-electron chi connectivity index (χ2n) is 10.4. The number of hydrogen-bond acceptors (Lipinski definition) is 5. The van der Waals surface area contributed by atoms with Crippen molar-refractivity contribution in [3.8, 4) is 39.1 Å². The molecule has 0 spiro atoms. The Bertz CT molecular complexity index is 1600. The highest BCUT2D eigenvalue weighted by atomic mass is 35.5. The van der Waals surface area contributed by atoms with Gasteiger partial charge in [-0.05, 0) is 85.0 Å². The number of nitrogens with zero attached hydrogens (tertiary/aromatic N) is 1. The van der Waals surface area contributed by atoms with Gasteiger partial charge in [0.2, 0.25) is 0 Å². The summed E-state index contributed by atoms with van der Waals surface area (Å²) in [5, 5.41) is 14.2. The van der Waals surface area contributed by atoms with Crippen molar-refractivity contribution in [3.63, 3.8) is 0 Å². The summed E-state index contributed by atoms with van der Waals surface area (Å²) in [5.74, 6) is 0.0265. The Kier molecular flexibility index (Phi) is 9.03. The molecule has 212 valence electrons. The van der Waals surface area contributed by atoms with Crippen LogP contribution in [0.1, 0.15) is 32.0 Å². The number of rotatable bonds is 6. The Labute approximate surface area is 238 Å². The molecule has 0 radical (unpaired) electrons. The summed E-state index contributed by atoms with van der Waals surface area (Å²) in [6.45, 7) is 6.53. The van der Waals surface area contributed by atoms with Crippen LogP contribution >= 0.6 is 12.4 Å². The third kappa shape index (κ3) is 7.21. The smallest absolute Gasteiger partial charge is 0.433 e. The molecule has 0 saturated heterocycles. The lowest BCUT2D eigenvalue weighted by Gasteiger charge is -2.24. The van der Waals surface area contributed by atoms with Crippen molar-refractivity contribution in [3.05, 3.63) is 90.3 Å². The SMILES string of the molecule is CC(C)(C)NCc1cc(-c2ccccc2O)c(-c2ccc(C(F)(F)F)nc2)cc1-c1ccc(S(C)(=O)=O)cc1.Cl. The van der Waals surface area contributed by atoms with Gasteiger partial charge in [0, 0.05) is 35.7 Å². The van der Waals surface area contributed by atoms with Gasteiger partial charge in [-0.25, -0.2) is 8.42 Å². The zero-order chi connectivity index (χ0) is 28.6. The van der Waals surface area contributed by atoms with Crippen LogP contribution in [0.4, 0.5) is 13.2 Å². The van der Waals surface area contributed by atoms with E-state index in [2.05, 4.69) is 10.3 Å². The number of para-hydroxylation sites is 1. The number of aromatic nitrogens is 1. The second-order valence-corrected chi connectivity index (χ2v) is 12.4. The van der Waals surface area contributed by atoms with Gasteiger partial charge in [-0.15, -0.1) is 12.4 Å². The number of halogens is 4. The van der Waals surface area contributed by atoms with Crippen LogP contribution in [-0.2, 0) is 22.6 Å². The molecule has 4 aromatic rings. The lowest BCUT2D eigenvalue weighted by Crippen LogP contribution is -2.35. The zero-order valence-corrected chi connectivity index (χ0v) is 24.0. The van der Waals surface area contributed by atoms with Crippen molar-refractivity contribution in [1.82, 2.24) is 10.3 Å². The number of alkyl halides is 3.